The van der Waals surface area contributed by atoms with Gasteiger partial charge in [-0.25, -0.2) is 15.0 Å². The Morgan fingerprint density at radius 2 is 2.00 bits per heavy atom. The van der Waals surface area contributed by atoms with Gasteiger partial charge in [0.1, 0.15) is 30.3 Å². The minimum absolute atomic E-state index is 0.282. The van der Waals surface area contributed by atoms with Crippen LogP contribution in [0.2, 0.25) is 0 Å². The van der Waals surface area contributed by atoms with Crippen LogP contribution >= 0.6 is 0 Å². The average Bonchev–Trinajstić information content (AvgIpc) is 3.30. The molecule has 3 aromatic rings. The van der Waals surface area contributed by atoms with Gasteiger partial charge in [-0.05, 0) is 26.8 Å². The first-order chi connectivity index (χ1) is 12.0. The van der Waals surface area contributed by atoms with Gasteiger partial charge in [-0.3, -0.25) is 0 Å². The molecule has 0 radical (unpaired) electrons. The predicted molar refractivity (Wildman–Crippen MR) is 85.5 cm³/mol. The molecule has 5 heterocycles. The van der Waals surface area contributed by atoms with Crippen LogP contribution in [0.4, 0.5) is 0 Å². The van der Waals surface area contributed by atoms with Gasteiger partial charge in [0.2, 0.25) is 0 Å². The van der Waals surface area contributed by atoms with Gasteiger partial charge >= 0.3 is 0 Å². The van der Waals surface area contributed by atoms with Crippen LogP contribution in [0, 0.1) is 6.92 Å². The fraction of sp³-hybridized carbons (Fsp3) is 0.471. The van der Waals surface area contributed by atoms with Gasteiger partial charge in [-0.15, -0.1) is 0 Å². The quantitative estimate of drug-likeness (QED) is 0.707. The molecule has 8 heteroatoms. The van der Waals surface area contributed by atoms with E-state index in [1.807, 2.05) is 37.6 Å². The largest absolute Gasteiger partial charge is 0.446 e. The van der Waals surface area contributed by atoms with Gasteiger partial charge in [0.15, 0.2) is 24.2 Å². The molecule has 4 atom stereocenters. The van der Waals surface area contributed by atoms with Crippen molar-refractivity contribution in [2.45, 2.75) is 51.1 Å². The van der Waals surface area contributed by atoms with Gasteiger partial charge in [0, 0.05) is 11.6 Å². The molecule has 25 heavy (non-hydrogen) atoms. The third-order valence-electron chi connectivity index (χ3n) is 4.74. The van der Waals surface area contributed by atoms with E-state index < -0.39 is 5.79 Å². The van der Waals surface area contributed by atoms with Crippen molar-refractivity contribution in [2.24, 2.45) is 0 Å². The second-order valence-corrected chi connectivity index (χ2v) is 6.84. The number of fused-ring (bicyclic) bond motifs is 2. The zero-order valence-corrected chi connectivity index (χ0v) is 14.1. The summed E-state index contributed by atoms with van der Waals surface area (Å²) in [6.07, 6.45) is 5.22. The summed E-state index contributed by atoms with van der Waals surface area (Å²) in [7, 11) is 0. The highest BCUT2D eigenvalue weighted by molar-refractivity contribution is 5.78. The lowest BCUT2D eigenvalue weighted by molar-refractivity contribution is -0.199. The van der Waals surface area contributed by atoms with Crippen LogP contribution in [0.5, 0.6) is 0 Å². The Balaban J connectivity index is 1.60. The van der Waals surface area contributed by atoms with Crippen molar-refractivity contribution < 1.29 is 18.6 Å². The number of hydrogen-bond acceptors (Lipinski definition) is 7. The summed E-state index contributed by atoms with van der Waals surface area (Å²) in [5.41, 5.74) is 1.73. The lowest BCUT2D eigenvalue weighted by Gasteiger charge is -2.24. The average molecular weight is 342 g/mol. The topological polar surface area (TPSA) is 84.4 Å². The zero-order chi connectivity index (χ0) is 17.2. The van der Waals surface area contributed by atoms with Crippen LogP contribution in [-0.2, 0) is 14.2 Å². The molecule has 2 fully saturated rings. The van der Waals surface area contributed by atoms with Crippen molar-refractivity contribution in [3.63, 3.8) is 0 Å². The molecule has 0 amide bonds. The fourth-order valence-corrected chi connectivity index (χ4v) is 3.70. The summed E-state index contributed by atoms with van der Waals surface area (Å²) in [5.74, 6) is -0.0650. The molecule has 0 aliphatic carbocycles. The monoisotopic (exact) mass is 342 g/mol. The van der Waals surface area contributed by atoms with Crippen LogP contribution in [-0.4, -0.2) is 37.5 Å². The SMILES string of the molecule is Cc1ncnc2c1ccn2[C@@H]1O[C@@H](c2cnco2)[C@H]2OC(C)(C)OC12. The Kier molecular flexibility index (Phi) is 3.06. The first-order valence-corrected chi connectivity index (χ1v) is 8.21. The summed E-state index contributed by atoms with van der Waals surface area (Å²) in [4.78, 5) is 12.7. The van der Waals surface area contributed by atoms with Crippen molar-refractivity contribution in [3.8, 4) is 0 Å². The molecular formula is C17H18N4O4. The number of ether oxygens (including phenoxy) is 3. The van der Waals surface area contributed by atoms with Crippen LogP contribution in [0.1, 0.15) is 37.6 Å². The van der Waals surface area contributed by atoms with E-state index in [9.17, 15) is 0 Å². The van der Waals surface area contributed by atoms with Crippen molar-refractivity contribution in [2.75, 3.05) is 0 Å². The van der Waals surface area contributed by atoms with Gasteiger partial charge in [-0.2, -0.15) is 0 Å². The summed E-state index contributed by atoms with van der Waals surface area (Å²) in [6, 6.07) is 1.99. The third kappa shape index (κ3) is 2.21. The summed E-state index contributed by atoms with van der Waals surface area (Å²) in [5, 5.41) is 0.990. The lowest BCUT2D eigenvalue weighted by Crippen LogP contribution is -2.27. The number of rotatable bonds is 2. The van der Waals surface area contributed by atoms with Crippen molar-refractivity contribution >= 4 is 11.0 Å². The first kappa shape index (κ1) is 15.0. The van der Waals surface area contributed by atoms with Gasteiger partial charge < -0.3 is 23.2 Å². The highest BCUT2D eigenvalue weighted by Crippen LogP contribution is 2.49. The molecule has 2 aliphatic rings. The third-order valence-corrected chi connectivity index (χ3v) is 4.74. The molecule has 0 N–H and O–H groups in total. The molecule has 0 saturated carbocycles. The van der Waals surface area contributed by atoms with Crippen molar-refractivity contribution in [1.29, 1.82) is 0 Å². The molecule has 8 nitrogen and oxygen atoms in total. The lowest BCUT2D eigenvalue weighted by atomic mass is 10.1. The molecule has 0 aromatic carbocycles. The maximum atomic E-state index is 6.28. The van der Waals surface area contributed by atoms with E-state index in [2.05, 4.69) is 15.0 Å². The smallest absolute Gasteiger partial charge is 0.180 e. The fourth-order valence-electron chi connectivity index (χ4n) is 3.70. The Morgan fingerprint density at radius 3 is 2.80 bits per heavy atom. The van der Waals surface area contributed by atoms with E-state index in [0.29, 0.717) is 5.76 Å². The Labute approximate surface area is 143 Å². The molecule has 0 bridgehead atoms. The molecule has 1 unspecified atom stereocenters. The van der Waals surface area contributed by atoms with Crippen LogP contribution in [0.25, 0.3) is 11.0 Å². The minimum atomic E-state index is -0.691. The Bertz CT molecular complexity index is 920. The van der Waals surface area contributed by atoms with Crippen LogP contribution in [0.3, 0.4) is 0 Å². The molecule has 2 saturated heterocycles. The summed E-state index contributed by atoms with van der Waals surface area (Å²) >= 11 is 0. The number of nitrogens with zero attached hydrogens (tertiary/aromatic N) is 4. The maximum Gasteiger partial charge on any atom is 0.180 e. The molecule has 5 rings (SSSR count). The van der Waals surface area contributed by atoms with E-state index in [0.717, 1.165) is 16.7 Å². The zero-order valence-electron chi connectivity index (χ0n) is 14.1. The maximum absolute atomic E-state index is 6.28. The number of aryl methyl sites for hydroxylation is 1. The Morgan fingerprint density at radius 1 is 1.16 bits per heavy atom. The number of hydrogen-bond donors (Lipinski definition) is 0. The Hall–Kier alpha value is -2.29. The number of aromatic nitrogens is 4. The van der Waals surface area contributed by atoms with Crippen molar-refractivity contribution in [3.05, 3.63) is 42.6 Å². The minimum Gasteiger partial charge on any atom is -0.446 e. The van der Waals surface area contributed by atoms with Crippen molar-refractivity contribution in [1.82, 2.24) is 19.5 Å². The molecule has 2 aliphatic heterocycles. The highest BCUT2D eigenvalue weighted by Gasteiger charge is 2.57. The van der Waals surface area contributed by atoms with Gasteiger partial charge in [0.05, 0.1) is 11.9 Å². The standard InChI is InChI=1S/C17H18N4O4/c1-9-10-4-5-21(15(10)20-7-19-9)16-14-13(24-17(2,3)25-14)12(23-16)11-6-18-8-22-11/h4-8,12-14,16H,1-3H3/t12-,13+,14?,16+/m0/s1. The van der Waals surface area contributed by atoms with E-state index in [1.165, 1.54) is 6.39 Å². The first-order valence-electron chi connectivity index (χ1n) is 8.21. The molecule has 0 spiro atoms. The second-order valence-electron chi connectivity index (χ2n) is 6.84. The number of oxazole rings is 1. The van der Waals surface area contributed by atoms with Gasteiger partial charge in [-0.1, -0.05) is 0 Å². The molecule has 3 aromatic heterocycles. The van der Waals surface area contributed by atoms with E-state index >= 15 is 0 Å². The second kappa shape index (κ2) is 5.10. The van der Waals surface area contributed by atoms with E-state index in [-0.39, 0.29) is 24.5 Å². The summed E-state index contributed by atoms with van der Waals surface area (Å²) in [6.45, 7) is 5.77. The van der Waals surface area contributed by atoms with E-state index in [4.69, 9.17) is 18.6 Å². The molecule has 130 valence electrons. The summed E-state index contributed by atoms with van der Waals surface area (Å²) < 4.78 is 25.9. The molecular weight excluding hydrogens is 324 g/mol. The van der Waals surface area contributed by atoms with Crippen LogP contribution < -0.4 is 0 Å². The van der Waals surface area contributed by atoms with Crippen LogP contribution in [0.15, 0.2) is 35.6 Å². The normalized spacial score (nSPS) is 30.8. The van der Waals surface area contributed by atoms with Gasteiger partial charge in [0.25, 0.3) is 0 Å². The predicted octanol–water partition coefficient (Wildman–Crippen LogP) is 2.52. The highest BCUT2D eigenvalue weighted by atomic mass is 16.8. The van der Waals surface area contributed by atoms with E-state index in [1.54, 1.807) is 12.5 Å².